The van der Waals surface area contributed by atoms with Crippen molar-refractivity contribution in [3.05, 3.63) is 29.8 Å². The Morgan fingerprint density at radius 1 is 1.26 bits per heavy atom. The van der Waals surface area contributed by atoms with Gasteiger partial charge in [-0.3, -0.25) is 0 Å². The summed E-state index contributed by atoms with van der Waals surface area (Å²) in [6.45, 7) is 9.64. The van der Waals surface area contributed by atoms with Crippen molar-refractivity contribution in [2.24, 2.45) is 0 Å². The number of benzene rings is 1. The van der Waals surface area contributed by atoms with E-state index in [-0.39, 0.29) is 12.0 Å². The van der Waals surface area contributed by atoms with E-state index in [0.717, 1.165) is 12.1 Å². The molecule has 1 rings (SSSR count). The molecule has 1 atom stereocenters. The van der Waals surface area contributed by atoms with E-state index >= 15 is 0 Å². The van der Waals surface area contributed by atoms with E-state index in [4.69, 9.17) is 4.74 Å². The van der Waals surface area contributed by atoms with Gasteiger partial charge in [0.25, 0.3) is 0 Å². The minimum absolute atomic E-state index is 0.199. The van der Waals surface area contributed by atoms with Gasteiger partial charge in [-0.05, 0) is 51.8 Å². The highest BCUT2D eigenvalue weighted by Gasteiger charge is 2.24. The van der Waals surface area contributed by atoms with Gasteiger partial charge >= 0.3 is 5.97 Å². The van der Waals surface area contributed by atoms with Crippen LogP contribution in [0.1, 0.15) is 40.2 Å². The quantitative estimate of drug-likeness (QED) is 0.780. The van der Waals surface area contributed by atoms with Crippen molar-refractivity contribution in [3.63, 3.8) is 0 Å². The summed E-state index contributed by atoms with van der Waals surface area (Å²) in [5.41, 5.74) is 1.87. The van der Waals surface area contributed by atoms with E-state index < -0.39 is 5.60 Å². The third kappa shape index (κ3) is 4.58. The Bertz CT molecular complexity index is 417. The van der Waals surface area contributed by atoms with Gasteiger partial charge in [0.15, 0.2) is 0 Å². The molecule has 0 fully saturated rings. The van der Waals surface area contributed by atoms with Gasteiger partial charge < -0.3 is 9.64 Å². The second-order valence-corrected chi connectivity index (χ2v) is 5.84. The summed E-state index contributed by atoms with van der Waals surface area (Å²) in [5.74, 6) is -0.199. The fourth-order valence-electron chi connectivity index (χ4n) is 1.74. The number of anilines is 1. The first kappa shape index (κ1) is 15.5. The fraction of sp³-hybridized carbons (Fsp3) is 0.562. The molecule has 0 spiro atoms. The van der Waals surface area contributed by atoms with Gasteiger partial charge in [-0.25, -0.2) is 4.79 Å². The van der Waals surface area contributed by atoms with Gasteiger partial charge in [0.05, 0.1) is 0 Å². The first-order valence-electron chi connectivity index (χ1n) is 6.79. The highest BCUT2D eigenvalue weighted by atomic mass is 16.6. The Labute approximate surface area is 116 Å². The zero-order chi connectivity index (χ0) is 14.6. The number of likely N-dealkylation sites (N-methyl/N-ethyl adjacent to an activating group) is 1. The van der Waals surface area contributed by atoms with Crippen LogP contribution in [0, 0.1) is 0 Å². The van der Waals surface area contributed by atoms with Crippen LogP contribution in [0.4, 0.5) is 5.69 Å². The van der Waals surface area contributed by atoms with Crippen LogP contribution in [0.2, 0.25) is 0 Å². The number of nitrogens with zero attached hydrogens (tertiary/aromatic N) is 1. The first-order valence-corrected chi connectivity index (χ1v) is 6.79. The molecule has 1 aromatic rings. The van der Waals surface area contributed by atoms with E-state index in [2.05, 4.69) is 19.1 Å². The third-order valence-electron chi connectivity index (χ3n) is 3.08. The molecule has 0 amide bonds. The van der Waals surface area contributed by atoms with Gasteiger partial charge in [-0.1, -0.05) is 19.1 Å². The van der Waals surface area contributed by atoms with Gasteiger partial charge in [0.1, 0.15) is 11.6 Å². The molecule has 0 bridgehead atoms. The Morgan fingerprint density at radius 3 is 2.21 bits per heavy atom. The van der Waals surface area contributed by atoms with Crippen molar-refractivity contribution < 1.29 is 9.53 Å². The Balaban J connectivity index is 2.75. The minimum atomic E-state index is -0.446. The first-order chi connectivity index (χ1) is 8.74. The molecule has 0 N–H and O–H groups in total. The molecule has 0 aliphatic rings. The summed E-state index contributed by atoms with van der Waals surface area (Å²) in [6, 6.07) is 7.97. The number of hydrogen-bond donors (Lipinski definition) is 0. The Kier molecular flexibility index (Phi) is 4.98. The number of ether oxygens (including phenoxy) is 1. The molecular formula is C16H25NO2. The topological polar surface area (TPSA) is 29.5 Å². The molecule has 106 valence electrons. The largest absolute Gasteiger partial charge is 0.458 e. The van der Waals surface area contributed by atoms with Crippen LogP contribution in [-0.4, -0.2) is 24.7 Å². The highest BCUT2D eigenvalue weighted by molar-refractivity contribution is 5.79. The normalized spacial score (nSPS) is 12.9. The van der Waals surface area contributed by atoms with Crippen molar-refractivity contribution in [2.45, 2.75) is 52.7 Å². The van der Waals surface area contributed by atoms with Crippen LogP contribution < -0.4 is 4.90 Å². The Morgan fingerprint density at radius 2 is 1.79 bits per heavy atom. The predicted molar refractivity (Wildman–Crippen MR) is 79.5 cm³/mol. The Hall–Kier alpha value is -1.51. The molecule has 0 saturated heterocycles. The van der Waals surface area contributed by atoms with Crippen molar-refractivity contribution in [1.82, 2.24) is 0 Å². The minimum Gasteiger partial charge on any atom is -0.458 e. The van der Waals surface area contributed by atoms with Crippen LogP contribution in [0.3, 0.4) is 0 Å². The number of aryl methyl sites for hydroxylation is 1. The monoisotopic (exact) mass is 263 g/mol. The summed E-state index contributed by atoms with van der Waals surface area (Å²) in [4.78, 5) is 14.0. The fourth-order valence-corrected chi connectivity index (χ4v) is 1.74. The second-order valence-electron chi connectivity index (χ2n) is 5.84. The van der Waals surface area contributed by atoms with E-state index in [1.54, 1.807) is 0 Å². The van der Waals surface area contributed by atoms with Gasteiger partial charge in [-0.2, -0.15) is 0 Å². The van der Waals surface area contributed by atoms with Crippen molar-refractivity contribution >= 4 is 11.7 Å². The van der Waals surface area contributed by atoms with Gasteiger partial charge in [-0.15, -0.1) is 0 Å². The van der Waals surface area contributed by atoms with E-state index in [9.17, 15) is 4.79 Å². The standard InChI is InChI=1S/C16H25NO2/c1-7-13-8-10-14(11-9-13)17(6)12(2)15(18)19-16(3,4)5/h8-12H,7H2,1-6H3. The maximum atomic E-state index is 12.0. The zero-order valence-electron chi connectivity index (χ0n) is 12.9. The van der Waals surface area contributed by atoms with Crippen molar-refractivity contribution in [3.8, 4) is 0 Å². The van der Waals surface area contributed by atoms with E-state index in [1.807, 2.05) is 51.8 Å². The third-order valence-corrected chi connectivity index (χ3v) is 3.08. The summed E-state index contributed by atoms with van der Waals surface area (Å²) >= 11 is 0. The molecule has 0 heterocycles. The van der Waals surface area contributed by atoms with Crippen molar-refractivity contribution in [1.29, 1.82) is 0 Å². The number of esters is 1. The number of hydrogen-bond acceptors (Lipinski definition) is 3. The molecule has 0 aliphatic heterocycles. The smallest absolute Gasteiger partial charge is 0.328 e. The lowest BCUT2D eigenvalue weighted by Crippen LogP contribution is -2.40. The average Bonchev–Trinajstić information content (AvgIpc) is 2.35. The number of rotatable bonds is 4. The lowest BCUT2D eigenvalue weighted by molar-refractivity contribution is -0.155. The summed E-state index contributed by atoms with van der Waals surface area (Å²) in [7, 11) is 1.91. The summed E-state index contributed by atoms with van der Waals surface area (Å²) in [6.07, 6.45) is 1.02. The maximum Gasteiger partial charge on any atom is 0.328 e. The van der Waals surface area contributed by atoms with Crippen LogP contribution in [0.15, 0.2) is 24.3 Å². The van der Waals surface area contributed by atoms with Gasteiger partial charge in [0.2, 0.25) is 0 Å². The lowest BCUT2D eigenvalue weighted by atomic mass is 10.1. The van der Waals surface area contributed by atoms with Crippen LogP contribution in [-0.2, 0) is 16.0 Å². The molecule has 3 nitrogen and oxygen atoms in total. The van der Waals surface area contributed by atoms with E-state index in [0.29, 0.717) is 0 Å². The SMILES string of the molecule is CCc1ccc(N(C)C(C)C(=O)OC(C)(C)C)cc1. The molecule has 3 heteroatoms. The summed E-state index contributed by atoms with van der Waals surface area (Å²) < 4.78 is 5.41. The predicted octanol–water partition coefficient (Wildman–Crippen LogP) is 3.42. The molecule has 0 aliphatic carbocycles. The van der Waals surface area contributed by atoms with E-state index in [1.165, 1.54) is 5.56 Å². The second kappa shape index (κ2) is 6.09. The average molecular weight is 263 g/mol. The lowest BCUT2D eigenvalue weighted by Gasteiger charge is -2.29. The molecular weight excluding hydrogens is 238 g/mol. The van der Waals surface area contributed by atoms with Crippen LogP contribution >= 0.6 is 0 Å². The van der Waals surface area contributed by atoms with Crippen LogP contribution in [0.5, 0.6) is 0 Å². The van der Waals surface area contributed by atoms with Crippen molar-refractivity contribution in [2.75, 3.05) is 11.9 Å². The number of carbonyl (C=O) groups excluding carboxylic acids is 1. The molecule has 0 radical (unpaired) electrons. The maximum absolute atomic E-state index is 12.0. The molecule has 0 aromatic heterocycles. The molecule has 1 aromatic carbocycles. The highest BCUT2D eigenvalue weighted by Crippen LogP contribution is 2.18. The zero-order valence-corrected chi connectivity index (χ0v) is 12.9. The molecule has 19 heavy (non-hydrogen) atoms. The van der Waals surface area contributed by atoms with Crippen LogP contribution in [0.25, 0.3) is 0 Å². The summed E-state index contributed by atoms with van der Waals surface area (Å²) in [5, 5.41) is 0. The molecule has 0 saturated carbocycles. The number of carbonyl (C=O) groups is 1. The van der Waals surface area contributed by atoms with Gasteiger partial charge in [0, 0.05) is 12.7 Å². The molecule has 1 unspecified atom stereocenters.